The molecule has 0 fully saturated rings. The lowest BCUT2D eigenvalue weighted by atomic mass is 10.1. The zero-order chi connectivity index (χ0) is 20.9. The van der Waals surface area contributed by atoms with Gasteiger partial charge < -0.3 is 4.57 Å². The predicted molar refractivity (Wildman–Crippen MR) is 114 cm³/mol. The van der Waals surface area contributed by atoms with Gasteiger partial charge in [-0.3, -0.25) is 24.0 Å². The quantitative estimate of drug-likeness (QED) is 0.350. The van der Waals surface area contributed by atoms with Crippen molar-refractivity contribution in [2.75, 3.05) is 0 Å². The average molecular weight is 455 g/mol. The molecule has 0 saturated heterocycles. The summed E-state index contributed by atoms with van der Waals surface area (Å²) in [4.78, 5) is 36.2. The lowest BCUT2D eigenvalue weighted by molar-refractivity contribution is -0.384. The van der Waals surface area contributed by atoms with E-state index in [1.807, 2.05) is 24.3 Å². The summed E-state index contributed by atoms with van der Waals surface area (Å²) in [6.45, 7) is 0. The highest BCUT2D eigenvalue weighted by atomic mass is 79.9. The van der Waals surface area contributed by atoms with Gasteiger partial charge in [0.1, 0.15) is 0 Å². The molecule has 29 heavy (non-hydrogen) atoms. The van der Waals surface area contributed by atoms with Crippen molar-refractivity contribution in [3.63, 3.8) is 0 Å². The van der Waals surface area contributed by atoms with Gasteiger partial charge in [-0.2, -0.15) is 0 Å². The van der Waals surface area contributed by atoms with Crippen molar-refractivity contribution in [1.29, 1.82) is 0 Å². The molecule has 8 nitrogen and oxygen atoms in total. The molecule has 2 heterocycles. The highest BCUT2D eigenvalue weighted by Gasteiger charge is 2.21. The number of aromatic nitrogens is 3. The first-order valence-corrected chi connectivity index (χ1v) is 9.40. The number of hydrogen-bond donors (Lipinski definition) is 0. The number of halogens is 1. The average Bonchev–Trinajstić information content (AvgIpc) is 3.12. The summed E-state index contributed by atoms with van der Waals surface area (Å²) in [6, 6.07) is 13.5. The summed E-state index contributed by atoms with van der Waals surface area (Å²) in [5.41, 5.74) is 1.21. The molecule has 0 saturated carbocycles. The summed E-state index contributed by atoms with van der Waals surface area (Å²) in [5.74, 6) is 0. The van der Waals surface area contributed by atoms with Crippen LogP contribution in [-0.4, -0.2) is 18.6 Å². The van der Waals surface area contributed by atoms with E-state index in [1.165, 1.54) is 23.7 Å². The molecule has 0 radical (unpaired) electrons. The van der Waals surface area contributed by atoms with Gasteiger partial charge in [0.15, 0.2) is 0 Å². The molecule has 0 aliphatic carbocycles. The Labute approximate surface area is 172 Å². The maximum Gasteiger partial charge on any atom is 0.330 e. The number of nitrogens with zero attached hydrogens (tertiary/aromatic N) is 4. The molecule has 0 unspecified atom stereocenters. The molecule has 9 heteroatoms. The number of nitro benzene ring substituents is 1. The highest BCUT2D eigenvalue weighted by molar-refractivity contribution is 9.10. The second-order valence-electron chi connectivity index (χ2n) is 6.60. The van der Waals surface area contributed by atoms with Crippen molar-refractivity contribution in [1.82, 2.24) is 13.7 Å². The predicted octanol–water partition coefficient (Wildman–Crippen LogP) is 3.37. The number of non-ortho nitro benzene ring substituents is 1. The molecule has 0 N–H and O–H groups in total. The molecule has 0 aliphatic rings. The summed E-state index contributed by atoms with van der Waals surface area (Å²) >= 11 is 3.40. The smallest absolute Gasteiger partial charge is 0.314 e. The Morgan fingerprint density at radius 1 is 1.00 bits per heavy atom. The topological polar surface area (TPSA) is 92.1 Å². The fourth-order valence-electron chi connectivity index (χ4n) is 3.40. The van der Waals surface area contributed by atoms with Crippen LogP contribution in [0.5, 0.6) is 0 Å². The Balaban J connectivity index is 2.18. The Kier molecular flexibility index (Phi) is 4.46. The molecule has 0 bridgehead atoms. The van der Waals surface area contributed by atoms with Gasteiger partial charge in [0.25, 0.3) is 11.2 Å². The SMILES string of the molecule is Cn1c(=O)c2c(-c3cccc([N+](=O)[O-])c3)n(-c3ccc(Br)cc3)cc2n(C)c1=O. The Bertz CT molecular complexity index is 1400. The van der Waals surface area contributed by atoms with Crippen LogP contribution < -0.4 is 11.2 Å². The number of benzene rings is 2. The van der Waals surface area contributed by atoms with Crippen LogP contribution in [0.25, 0.3) is 27.8 Å². The van der Waals surface area contributed by atoms with Gasteiger partial charge in [0, 0.05) is 48.1 Å². The van der Waals surface area contributed by atoms with Gasteiger partial charge in [-0.25, -0.2) is 4.79 Å². The van der Waals surface area contributed by atoms with E-state index >= 15 is 0 Å². The highest BCUT2D eigenvalue weighted by Crippen LogP contribution is 2.32. The van der Waals surface area contributed by atoms with Crippen LogP contribution in [-0.2, 0) is 14.1 Å². The van der Waals surface area contributed by atoms with Crippen LogP contribution in [0, 0.1) is 10.1 Å². The monoisotopic (exact) mass is 454 g/mol. The minimum Gasteiger partial charge on any atom is -0.314 e. The van der Waals surface area contributed by atoms with E-state index < -0.39 is 16.2 Å². The number of hydrogen-bond acceptors (Lipinski definition) is 4. The zero-order valence-electron chi connectivity index (χ0n) is 15.5. The van der Waals surface area contributed by atoms with Gasteiger partial charge >= 0.3 is 5.69 Å². The zero-order valence-corrected chi connectivity index (χ0v) is 17.1. The molecule has 0 amide bonds. The Morgan fingerprint density at radius 2 is 1.69 bits per heavy atom. The van der Waals surface area contributed by atoms with Crippen molar-refractivity contribution in [2.24, 2.45) is 14.1 Å². The lowest BCUT2D eigenvalue weighted by Gasteiger charge is -2.10. The largest absolute Gasteiger partial charge is 0.330 e. The second-order valence-corrected chi connectivity index (χ2v) is 7.51. The number of aryl methyl sites for hydroxylation is 1. The minimum atomic E-state index is -0.480. The van der Waals surface area contributed by atoms with Gasteiger partial charge in [0.05, 0.1) is 21.5 Å². The van der Waals surface area contributed by atoms with Crippen LogP contribution in [0.15, 0.2) is 68.8 Å². The maximum atomic E-state index is 13.0. The first-order valence-electron chi connectivity index (χ1n) is 8.61. The maximum absolute atomic E-state index is 13.0. The van der Waals surface area contributed by atoms with Gasteiger partial charge in [-0.1, -0.05) is 28.1 Å². The van der Waals surface area contributed by atoms with Gasteiger partial charge in [-0.05, 0) is 24.3 Å². The van der Waals surface area contributed by atoms with Crippen LogP contribution >= 0.6 is 15.9 Å². The van der Waals surface area contributed by atoms with E-state index in [2.05, 4.69) is 15.9 Å². The summed E-state index contributed by atoms with van der Waals surface area (Å²) in [5, 5.41) is 11.6. The van der Waals surface area contributed by atoms with Crippen LogP contribution in [0.4, 0.5) is 5.69 Å². The number of nitro groups is 1. The van der Waals surface area contributed by atoms with Crippen molar-refractivity contribution in [2.45, 2.75) is 0 Å². The van der Waals surface area contributed by atoms with E-state index in [0.29, 0.717) is 22.2 Å². The molecule has 0 atom stereocenters. The van der Waals surface area contributed by atoms with E-state index in [4.69, 9.17) is 0 Å². The fourth-order valence-corrected chi connectivity index (χ4v) is 3.66. The number of fused-ring (bicyclic) bond motifs is 1. The normalized spacial score (nSPS) is 11.1. The standard InChI is InChI=1S/C20H15BrN4O4/c1-22-16-11-24(14-8-6-13(21)7-9-14)18(17(16)19(26)23(2)20(22)27)12-4-3-5-15(10-12)25(28)29/h3-11H,1-2H3. The minimum absolute atomic E-state index is 0.0825. The summed E-state index contributed by atoms with van der Waals surface area (Å²) in [7, 11) is 3.01. The van der Waals surface area contributed by atoms with E-state index in [1.54, 1.807) is 29.9 Å². The van der Waals surface area contributed by atoms with Crippen LogP contribution in [0.3, 0.4) is 0 Å². The van der Waals surface area contributed by atoms with Crippen molar-refractivity contribution in [3.05, 3.63) is 90.2 Å². The Hall–Kier alpha value is -3.46. The molecule has 4 aromatic rings. The third-order valence-corrected chi connectivity index (χ3v) is 5.40. The summed E-state index contributed by atoms with van der Waals surface area (Å²) < 4.78 is 5.09. The van der Waals surface area contributed by atoms with Gasteiger partial charge in [-0.15, -0.1) is 0 Å². The third kappa shape index (κ3) is 2.99. The second kappa shape index (κ2) is 6.85. The van der Waals surface area contributed by atoms with Crippen molar-refractivity contribution in [3.8, 4) is 16.9 Å². The van der Waals surface area contributed by atoms with E-state index in [0.717, 1.165) is 14.7 Å². The fraction of sp³-hybridized carbons (Fsp3) is 0.100. The first-order chi connectivity index (χ1) is 13.8. The van der Waals surface area contributed by atoms with Crippen molar-refractivity contribution < 1.29 is 4.92 Å². The van der Waals surface area contributed by atoms with Crippen molar-refractivity contribution >= 4 is 32.5 Å². The first kappa shape index (κ1) is 18.9. The lowest BCUT2D eigenvalue weighted by Crippen LogP contribution is -2.36. The molecular formula is C20H15BrN4O4. The van der Waals surface area contributed by atoms with Crippen LogP contribution in [0.1, 0.15) is 0 Å². The number of rotatable bonds is 3. The molecule has 2 aromatic heterocycles. The Morgan fingerprint density at radius 3 is 2.34 bits per heavy atom. The molecule has 146 valence electrons. The van der Waals surface area contributed by atoms with Gasteiger partial charge in [0.2, 0.25) is 0 Å². The molecular weight excluding hydrogens is 440 g/mol. The molecule has 4 rings (SSSR count). The van der Waals surface area contributed by atoms with E-state index in [9.17, 15) is 19.7 Å². The molecule has 0 spiro atoms. The van der Waals surface area contributed by atoms with Crippen LogP contribution in [0.2, 0.25) is 0 Å². The third-order valence-electron chi connectivity index (χ3n) is 4.87. The molecule has 2 aromatic carbocycles. The molecule has 0 aliphatic heterocycles. The van der Waals surface area contributed by atoms with E-state index in [-0.39, 0.29) is 5.69 Å². The summed E-state index contributed by atoms with van der Waals surface area (Å²) in [6.07, 6.45) is 1.70.